The van der Waals surface area contributed by atoms with Gasteiger partial charge in [-0.25, -0.2) is 4.98 Å². The molecule has 1 heterocycles. The minimum absolute atomic E-state index is 0.521. The predicted molar refractivity (Wildman–Crippen MR) is 68.5 cm³/mol. The number of pyridine rings is 1. The van der Waals surface area contributed by atoms with Crippen molar-refractivity contribution in [2.75, 3.05) is 12.4 Å². The summed E-state index contributed by atoms with van der Waals surface area (Å²) in [6, 6.07) is 1.98. The van der Waals surface area contributed by atoms with E-state index in [1.54, 1.807) is 6.20 Å². The fourth-order valence-electron chi connectivity index (χ4n) is 1.21. The Balaban J connectivity index is 2.80. The smallest absolute Gasteiger partial charge is 0.139 e. The van der Waals surface area contributed by atoms with Gasteiger partial charge in [0.05, 0.1) is 5.54 Å². The molecule has 4 nitrogen and oxygen atoms in total. The summed E-state index contributed by atoms with van der Waals surface area (Å²) in [6.45, 7) is 4.27. The van der Waals surface area contributed by atoms with Gasteiger partial charge in [0.2, 0.25) is 0 Å². The number of hydrogen-bond acceptors (Lipinski definition) is 4. The fourth-order valence-corrected chi connectivity index (χ4v) is 1.58. The summed E-state index contributed by atoms with van der Waals surface area (Å²) in [7, 11) is 1.82. The molecule has 5 heteroatoms. The highest BCUT2D eigenvalue weighted by Gasteiger charge is 2.16. The molecular weight excluding hydrogens is 270 g/mol. The number of halogens is 1. The minimum atomic E-state index is -0.521. The van der Waals surface area contributed by atoms with Gasteiger partial charge in [-0.05, 0) is 35.8 Å². The Morgan fingerprint density at radius 2 is 2.25 bits per heavy atom. The summed E-state index contributed by atoms with van der Waals surface area (Å²) < 4.78 is 0.923. The summed E-state index contributed by atoms with van der Waals surface area (Å²) in [4.78, 5) is 15.0. The largest absolute Gasteiger partial charge is 0.373 e. The van der Waals surface area contributed by atoms with E-state index in [2.05, 4.69) is 31.5 Å². The Kier molecular flexibility index (Phi) is 4.44. The van der Waals surface area contributed by atoms with Crippen LogP contribution in [0.15, 0.2) is 16.7 Å². The van der Waals surface area contributed by atoms with Crippen molar-refractivity contribution in [1.82, 2.24) is 10.3 Å². The molecule has 0 atom stereocenters. The monoisotopic (exact) mass is 285 g/mol. The fraction of sp³-hybridized carbons (Fsp3) is 0.455. The molecule has 0 aliphatic rings. The summed E-state index contributed by atoms with van der Waals surface area (Å²) in [6.07, 6.45) is 2.64. The maximum absolute atomic E-state index is 10.8. The molecule has 0 saturated heterocycles. The average molecular weight is 286 g/mol. The second-order valence-corrected chi connectivity index (χ2v) is 5.02. The molecule has 0 radical (unpaired) electrons. The average Bonchev–Trinajstić information content (AvgIpc) is 2.27. The van der Waals surface area contributed by atoms with Gasteiger partial charge in [-0.3, -0.25) is 0 Å². The number of rotatable bonds is 5. The molecule has 0 unspecified atom stereocenters. The van der Waals surface area contributed by atoms with E-state index in [0.29, 0.717) is 6.54 Å². The van der Waals surface area contributed by atoms with Gasteiger partial charge >= 0.3 is 0 Å². The molecule has 0 saturated carbocycles. The van der Waals surface area contributed by atoms with Crippen molar-refractivity contribution in [2.45, 2.75) is 25.9 Å². The lowest BCUT2D eigenvalue weighted by Gasteiger charge is -2.20. The van der Waals surface area contributed by atoms with Crippen LogP contribution in [0.1, 0.15) is 19.4 Å². The lowest BCUT2D eigenvalue weighted by Crippen LogP contribution is -2.40. The first-order chi connectivity index (χ1) is 7.48. The highest BCUT2D eigenvalue weighted by atomic mass is 79.9. The molecule has 0 amide bonds. The highest BCUT2D eigenvalue weighted by molar-refractivity contribution is 9.10. The van der Waals surface area contributed by atoms with Crippen LogP contribution in [0.25, 0.3) is 0 Å². The number of nitrogens with one attached hydrogen (secondary N) is 2. The van der Waals surface area contributed by atoms with Gasteiger partial charge in [0, 0.05) is 29.8 Å². The van der Waals surface area contributed by atoms with Crippen LogP contribution in [-0.4, -0.2) is 23.9 Å². The van der Waals surface area contributed by atoms with Crippen LogP contribution in [0, 0.1) is 0 Å². The van der Waals surface area contributed by atoms with Crippen LogP contribution in [0.4, 0.5) is 5.82 Å². The number of carbonyl (C=O) groups excluding carboxylic acids is 1. The van der Waals surface area contributed by atoms with Crippen LogP contribution in [0.5, 0.6) is 0 Å². The zero-order valence-electron chi connectivity index (χ0n) is 9.67. The molecule has 0 aromatic carbocycles. The Morgan fingerprint density at radius 1 is 1.56 bits per heavy atom. The Labute approximate surface area is 104 Å². The first-order valence-electron chi connectivity index (χ1n) is 5.02. The molecule has 0 spiro atoms. The summed E-state index contributed by atoms with van der Waals surface area (Å²) in [5.41, 5.74) is 0.500. The standard InChI is InChI=1S/C11H16BrN3O/c1-11(2,7-16)15-5-8-4-9(12)6-14-10(8)13-3/h4,6-7,15H,5H2,1-3H3,(H,13,14). The lowest BCUT2D eigenvalue weighted by atomic mass is 10.1. The van der Waals surface area contributed by atoms with Crippen molar-refractivity contribution in [3.05, 3.63) is 22.3 Å². The Bertz CT molecular complexity index is 379. The molecule has 1 aromatic rings. The first kappa shape index (κ1) is 13.1. The number of aromatic nitrogens is 1. The molecule has 88 valence electrons. The van der Waals surface area contributed by atoms with Gasteiger partial charge < -0.3 is 15.4 Å². The van der Waals surface area contributed by atoms with Crippen molar-refractivity contribution < 1.29 is 4.79 Å². The van der Waals surface area contributed by atoms with Crippen molar-refractivity contribution in [3.8, 4) is 0 Å². The zero-order valence-corrected chi connectivity index (χ0v) is 11.3. The third-order valence-electron chi connectivity index (χ3n) is 2.20. The van der Waals surface area contributed by atoms with Crippen molar-refractivity contribution in [3.63, 3.8) is 0 Å². The number of aldehydes is 1. The third kappa shape index (κ3) is 3.57. The van der Waals surface area contributed by atoms with E-state index in [-0.39, 0.29) is 0 Å². The molecule has 16 heavy (non-hydrogen) atoms. The van der Waals surface area contributed by atoms with E-state index in [1.807, 2.05) is 27.0 Å². The van der Waals surface area contributed by atoms with Gasteiger partial charge in [0.25, 0.3) is 0 Å². The Hall–Kier alpha value is -0.940. The number of carbonyl (C=O) groups is 1. The van der Waals surface area contributed by atoms with Crippen molar-refractivity contribution in [2.24, 2.45) is 0 Å². The summed E-state index contributed by atoms with van der Waals surface area (Å²) >= 11 is 3.38. The van der Waals surface area contributed by atoms with Crippen LogP contribution in [-0.2, 0) is 11.3 Å². The van der Waals surface area contributed by atoms with E-state index >= 15 is 0 Å². The summed E-state index contributed by atoms with van der Waals surface area (Å²) in [5, 5.41) is 6.17. The Morgan fingerprint density at radius 3 is 2.81 bits per heavy atom. The quantitative estimate of drug-likeness (QED) is 0.812. The van der Waals surface area contributed by atoms with E-state index in [1.165, 1.54) is 0 Å². The maximum atomic E-state index is 10.8. The lowest BCUT2D eigenvalue weighted by molar-refractivity contribution is -0.112. The van der Waals surface area contributed by atoms with Gasteiger partial charge in [-0.1, -0.05) is 0 Å². The topological polar surface area (TPSA) is 54.0 Å². The maximum Gasteiger partial charge on any atom is 0.139 e. The normalized spacial score (nSPS) is 11.2. The van der Waals surface area contributed by atoms with Gasteiger partial charge in [0.15, 0.2) is 0 Å². The third-order valence-corrected chi connectivity index (χ3v) is 2.63. The second kappa shape index (κ2) is 5.41. The van der Waals surface area contributed by atoms with E-state index in [9.17, 15) is 4.79 Å². The van der Waals surface area contributed by atoms with Gasteiger partial charge in [-0.2, -0.15) is 0 Å². The molecule has 0 aliphatic carbocycles. The SMILES string of the molecule is CNc1ncc(Br)cc1CNC(C)(C)C=O. The zero-order chi connectivity index (χ0) is 12.2. The van der Waals surface area contributed by atoms with Crippen molar-refractivity contribution in [1.29, 1.82) is 0 Å². The van der Waals surface area contributed by atoms with Crippen LogP contribution < -0.4 is 10.6 Å². The molecule has 0 aliphatic heterocycles. The van der Waals surface area contributed by atoms with Gasteiger partial charge in [-0.15, -0.1) is 0 Å². The van der Waals surface area contributed by atoms with Crippen LogP contribution in [0.3, 0.4) is 0 Å². The molecule has 0 fully saturated rings. The molecule has 2 N–H and O–H groups in total. The first-order valence-corrected chi connectivity index (χ1v) is 5.81. The summed E-state index contributed by atoms with van der Waals surface area (Å²) in [5.74, 6) is 0.817. The van der Waals surface area contributed by atoms with E-state index in [0.717, 1.165) is 22.1 Å². The highest BCUT2D eigenvalue weighted by Crippen LogP contribution is 2.18. The number of hydrogen-bond donors (Lipinski definition) is 2. The van der Waals surface area contributed by atoms with Crippen LogP contribution >= 0.6 is 15.9 Å². The van der Waals surface area contributed by atoms with Crippen molar-refractivity contribution >= 4 is 28.0 Å². The molecule has 1 aromatic heterocycles. The molecule has 1 rings (SSSR count). The van der Waals surface area contributed by atoms with Crippen LogP contribution in [0.2, 0.25) is 0 Å². The van der Waals surface area contributed by atoms with Gasteiger partial charge in [0.1, 0.15) is 12.1 Å². The van der Waals surface area contributed by atoms with E-state index < -0.39 is 5.54 Å². The number of nitrogens with zero attached hydrogens (tertiary/aromatic N) is 1. The molecule has 0 bridgehead atoms. The second-order valence-electron chi connectivity index (χ2n) is 4.10. The minimum Gasteiger partial charge on any atom is -0.373 e. The predicted octanol–water partition coefficient (Wildman–Crippen LogP) is 1.95. The van der Waals surface area contributed by atoms with E-state index in [4.69, 9.17) is 0 Å². The molecular formula is C11H16BrN3O. The number of anilines is 1.